The summed E-state index contributed by atoms with van der Waals surface area (Å²) in [6, 6.07) is 0.492. The first kappa shape index (κ1) is 15.4. The smallest absolute Gasteiger partial charge is 0.176 e. The summed E-state index contributed by atoms with van der Waals surface area (Å²) >= 11 is 0. The predicted molar refractivity (Wildman–Crippen MR) is 80.3 cm³/mol. The third-order valence-corrected chi connectivity index (χ3v) is 4.75. The van der Waals surface area contributed by atoms with Crippen LogP contribution < -0.4 is 5.32 Å². The molecule has 1 atom stereocenters. The fourth-order valence-electron chi connectivity index (χ4n) is 3.48. The van der Waals surface area contributed by atoms with E-state index in [0.29, 0.717) is 6.04 Å². The predicted octanol–water partition coefficient (Wildman–Crippen LogP) is 2.34. The van der Waals surface area contributed by atoms with Crippen LogP contribution in [0.1, 0.15) is 57.7 Å². The fraction of sp³-hybridized carbons (Fsp3) is 0.933. The average molecular weight is 279 g/mol. The van der Waals surface area contributed by atoms with E-state index in [0.717, 1.165) is 24.1 Å². The molecule has 0 radical (unpaired) electrons. The van der Waals surface area contributed by atoms with E-state index in [4.69, 9.17) is 0 Å². The Balaban J connectivity index is 1.81. The second-order valence-electron chi connectivity index (χ2n) is 6.22. The van der Waals surface area contributed by atoms with Gasteiger partial charge in [0.1, 0.15) is 0 Å². The van der Waals surface area contributed by atoms with Gasteiger partial charge in [-0.2, -0.15) is 4.80 Å². The second-order valence-corrected chi connectivity index (χ2v) is 6.22. The molecular weight excluding hydrogens is 250 g/mol. The molecule has 0 saturated heterocycles. The van der Waals surface area contributed by atoms with E-state index < -0.39 is 0 Å². The molecule has 5 nitrogen and oxygen atoms in total. The number of nitrogens with one attached hydrogen (secondary N) is 1. The zero-order chi connectivity index (χ0) is 14.4. The molecule has 114 valence electrons. The SMILES string of the molecule is CCCCC1CCC(C(Cc2nnn(C)n2)NC)CC1. The first-order chi connectivity index (χ1) is 9.72. The summed E-state index contributed by atoms with van der Waals surface area (Å²) in [7, 11) is 3.88. The third-order valence-electron chi connectivity index (χ3n) is 4.75. The van der Waals surface area contributed by atoms with Gasteiger partial charge < -0.3 is 5.32 Å². The lowest BCUT2D eigenvalue weighted by molar-refractivity contribution is 0.215. The molecule has 20 heavy (non-hydrogen) atoms. The maximum Gasteiger partial charge on any atom is 0.176 e. The quantitative estimate of drug-likeness (QED) is 0.832. The third kappa shape index (κ3) is 4.27. The number of unbranched alkanes of at least 4 members (excludes halogenated alkanes) is 1. The van der Waals surface area contributed by atoms with Gasteiger partial charge in [-0.05, 0) is 36.9 Å². The summed E-state index contributed by atoms with van der Waals surface area (Å²) in [6.07, 6.45) is 10.5. The summed E-state index contributed by atoms with van der Waals surface area (Å²) < 4.78 is 0. The Morgan fingerprint density at radius 2 is 2.05 bits per heavy atom. The molecule has 1 aromatic heterocycles. The maximum absolute atomic E-state index is 4.30. The van der Waals surface area contributed by atoms with E-state index in [1.165, 1.54) is 44.9 Å². The van der Waals surface area contributed by atoms with Crippen molar-refractivity contribution in [1.82, 2.24) is 25.5 Å². The maximum atomic E-state index is 4.30. The first-order valence-electron chi connectivity index (χ1n) is 8.13. The highest BCUT2D eigenvalue weighted by atomic mass is 15.6. The molecule has 5 heteroatoms. The van der Waals surface area contributed by atoms with Gasteiger partial charge in [-0.25, -0.2) is 0 Å². The van der Waals surface area contributed by atoms with Crippen LogP contribution in [0.4, 0.5) is 0 Å². The van der Waals surface area contributed by atoms with E-state index in [2.05, 4.69) is 34.7 Å². The number of likely N-dealkylation sites (N-methyl/N-ethyl adjacent to an activating group) is 1. The largest absolute Gasteiger partial charge is 0.316 e. The molecule has 1 heterocycles. The van der Waals surface area contributed by atoms with E-state index in [9.17, 15) is 0 Å². The van der Waals surface area contributed by atoms with Gasteiger partial charge in [0.15, 0.2) is 5.82 Å². The van der Waals surface area contributed by atoms with Crippen molar-refractivity contribution in [3.8, 4) is 0 Å². The van der Waals surface area contributed by atoms with Crippen molar-refractivity contribution in [1.29, 1.82) is 0 Å². The Kier molecular flexibility index (Phi) is 5.95. The second kappa shape index (κ2) is 7.72. The molecule has 2 rings (SSSR count). The molecule has 1 fully saturated rings. The molecule has 0 amide bonds. The molecule has 1 unspecified atom stereocenters. The lowest BCUT2D eigenvalue weighted by Crippen LogP contribution is -2.38. The van der Waals surface area contributed by atoms with E-state index in [1.54, 1.807) is 4.80 Å². The molecule has 1 N–H and O–H groups in total. The minimum atomic E-state index is 0.492. The molecule has 1 aromatic rings. The fourth-order valence-corrected chi connectivity index (χ4v) is 3.48. The summed E-state index contributed by atoms with van der Waals surface area (Å²) in [5.74, 6) is 2.60. The summed E-state index contributed by atoms with van der Waals surface area (Å²) in [5, 5.41) is 15.8. The Morgan fingerprint density at radius 3 is 2.60 bits per heavy atom. The topological polar surface area (TPSA) is 55.6 Å². The highest BCUT2D eigenvalue weighted by Crippen LogP contribution is 2.34. The average Bonchev–Trinajstić information content (AvgIpc) is 2.88. The van der Waals surface area contributed by atoms with E-state index in [-0.39, 0.29) is 0 Å². The highest BCUT2D eigenvalue weighted by molar-refractivity contribution is 4.89. The number of rotatable bonds is 7. The van der Waals surface area contributed by atoms with E-state index >= 15 is 0 Å². The van der Waals surface area contributed by atoms with Gasteiger partial charge in [-0.1, -0.05) is 39.0 Å². The number of aromatic nitrogens is 4. The van der Waals surface area contributed by atoms with Crippen LogP contribution in [0.15, 0.2) is 0 Å². The lowest BCUT2D eigenvalue weighted by atomic mass is 9.76. The normalized spacial score (nSPS) is 24.8. The van der Waals surface area contributed by atoms with Crippen molar-refractivity contribution in [3.63, 3.8) is 0 Å². The van der Waals surface area contributed by atoms with Gasteiger partial charge in [0.25, 0.3) is 0 Å². The van der Waals surface area contributed by atoms with Crippen molar-refractivity contribution in [2.24, 2.45) is 18.9 Å². The number of hydrogen-bond acceptors (Lipinski definition) is 4. The zero-order valence-corrected chi connectivity index (χ0v) is 13.2. The van der Waals surface area contributed by atoms with Gasteiger partial charge in [0.05, 0.1) is 7.05 Å². The van der Waals surface area contributed by atoms with Gasteiger partial charge >= 0.3 is 0 Å². The number of hydrogen-bond donors (Lipinski definition) is 1. The van der Waals surface area contributed by atoms with Crippen molar-refractivity contribution in [2.75, 3.05) is 7.05 Å². The standard InChI is InChI=1S/C15H29N5/c1-4-5-6-12-7-9-13(10-8-12)14(16-2)11-15-17-19-20(3)18-15/h12-14,16H,4-11H2,1-3H3. The van der Waals surface area contributed by atoms with Gasteiger partial charge in [0.2, 0.25) is 0 Å². The van der Waals surface area contributed by atoms with Crippen molar-refractivity contribution in [3.05, 3.63) is 5.82 Å². The van der Waals surface area contributed by atoms with Crippen LogP contribution in [-0.2, 0) is 13.5 Å². The molecule has 1 aliphatic carbocycles. The molecule has 1 saturated carbocycles. The molecule has 1 aliphatic rings. The summed E-state index contributed by atoms with van der Waals surface area (Å²) in [6.45, 7) is 2.29. The summed E-state index contributed by atoms with van der Waals surface area (Å²) in [5.41, 5.74) is 0. The first-order valence-corrected chi connectivity index (χ1v) is 8.13. The van der Waals surface area contributed by atoms with Crippen LogP contribution in [-0.4, -0.2) is 33.3 Å². The van der Waals surface area contributed by atoms with E-state index in [1.807, 2.05) is 7.05 Å². The Hall–Kier alpha value is -0.970. The Labute approximate surface area is 122 Å². The van der Waals surface area contributed by atoms with Crippen molar-refractivity contribution in [2.45, 2.75) is 64.3 Å². The molecular formula is C15H29N5. The minimum Gasteiger partial charge on any atom is -0.316 e. The lowest BCUT2D eigenvalue weighted by Gasteiger charge is -2.33. The van der Waals surface area contributed by atoms with Crippen LogP contribution >= 0.6 is 0 Å². The van der Waals surface area contributed by atoms with Crippen LogP contribution in [0.25, 0.3) is 0 Å². The highest BCUT2D eigenvalue weighted by Gasteiger charge is 2.27. The molecule has 0 aliphatic heterocycles. The molecule has 0 spiro atoms. The van der Waals surface area contributed by atoms with Crippen molar-refractivity contribution >= 4 is 0 Å². The van der Waals surface area contributed by atoms with Gasteiger partial charge in [-0.3, -0.25) is 0 Å². The van der Waals surface area contributed by atoms with Crippen LogP contribution in [0, 0.1) is 11.8 Å². The Bertz CT molecular complexity index is 381. The zero-order valence-electron chi connectivity index (χ0n) is 13.2. The van der Waals surface area contributed by atoms with Gasteiger partial charge in [0, 0.05) is 12.5 Å². The molecule has 0 aromatic carbocycles. The minimum absolute atomic E-state index is 0.492. The van der Waals surface area contributed by atoms with Crippen molar-refractivity contribution < 1.29 is 0 Å². The van der Waals surface area contributed by atoms with Crippen LogP contribution in [0.5, 0.6) is 0 Å². The number of tetrazole rings is 1. The number of nitrogens with zero attached hydrogens (tertiary/aromatic N) is 4. The Morgan fingerprint density at radius 1 is 1.30 bits per heavy atom. The summed E-state index contributed by atoms with van der Waals surface area (Å²) in [4.78, 5) is 1.55. The number of aryl methyl sites for hydroxylation is 1. The molecule has 0 bridgehead atoms. The van der Waals surface area contributed by atoms with Crippen LogP contribution in [0.3, 0.4) is 0 Å². The van der Waals surface area contributed by atoms with Crippen LogP contribution in [0.2, 0.25) is 0 Å². The van der Waals surface area contributed by atoms with Gasteiger partial charge in [-0.15, -0.1) is 10.2 Å². The monoisotopic (exact) mass is 279 g/mol.